The van der Waals surface area contributed by atoms with Crippen LogP contribution in [0.3, 0.4) is 0 Å². The zero-order valence-corrected chi connectivity index (χ0v) is 11.4. The minimum Gasteiger partial charge on any atom is -0.484 e. The Balaban J connectivity index is 2.22. The van der Waals surface area contributed by atoms with Crippen molar-refractivity contribution in [2.75, 3.05) is 26.2 Å². The van der Waals surface area contributed by atoms with E-state index in [1.54, 1.807) is 0 Å². The Morgan fingerprint density at radius 3 is 2.55 bits per heavy atom. The van der Waals surface area contributed by atoms with E-state index in [2.05, 4.69) is 17.6 Å². The quantitative estimate of drug-likeness (QED) is 0.401. The van der Waals surface area contributed by atoms with Crippen LogP contribution in [0.2, 0.25) is 0 Å². The van der Waals surface area contributed by atoms with Crippen LogP contribution in [0.4, 0.5) is 5.69 Å². The molecular weight excluding hydrogens is 262 g/mol. The van der Waals surface area contributed by atoms with Crippen LogP contribution in [0, 0.1) is 10.1 Å². The molecule has 0 saturated heterocycles. The zero-order valence-electron chi connectivity index (χ0n) is 11.4. The summed E-state index contributed by atoms with van der Waals surface area (Å²) in [7, 11) is 0. The molecule has 0 aliphatic carbocycles. The number of non-ortho nitro benzene ring substituents is 1. The number of nitrogens with zero attached hydrogens (tertiary/aromatic N) is 1. The number of ether oxygens (including phenoxy) is 1. The highest BCUT2D eigenvalue weighted by molar-refractivity contribution is 5.77. The maximum atomic E-state index is 11.5. The molecule has 0 bridgehead atoms. The third kappa shape index (κ3) is 6.14. The number of carbonyl (C=O) groups is 1. The largest absolute Gasteiger partial charge is 0.484 e. The van der Waals surface area contributed by atoms with Crippen LogP contribution in [0.5, 0.6) is 5.75 Å². The van der Waals surface area contributed by atoms with Crippen LogP contribution >= 0.6 is 0 Å². The molecule has 1 aromatic carbocycles. The van der Waals surface area contributed by atoms with E-state index < -0.39 is 4.92 Å². The second-order valence-electron chi connectivity index (χ2n) is 4.14. The van der Waals surface area contributed by atoms with Crippen LogP contribution < -0.4 is 15.4 Å². The third-order valence-corrected chi connectivity index (χ3v) is 2.47. The summed E-state index contributed by atoms with van der Waals surface area (Å²) >= 11 is 0. The highest BCUT2D eigenvalue weighted by Crippen LogP contribution is 2.16. The lowest BCUT2D eigenvalue weighted by molar-refractivity contribution is -0.384. The van der Waals surface area contributed by atoms with Gasteiger partial charge < -0.3 is 15.4 Å². The standard InChI is InChI=1S/C13H19N3O4/c1-2-7-14-8-9-15-13(17)10-20-12-5-3-11(4-6-12)16(18)19/h3-6,14H,2,7-10H2,1H3,(H,15,17). The number of hydrogen-bond donors (Lipinski definition) is 2. The molecule has 1 amide bonds. The van der Waals surface area contributed by atoms with E-state index in [1.807, 2.05) is 0 Å². The molecular formula is C13H19N3O4. The number of hydrogen-bond acceptors (Lipinski definition) is 5. The van der Waals surface area contributed by atoms with Crippen LogP contribution in [0.25, 0.3) is 0 Å². The summed E-state index contributed by atoms with van der Waals surface area (Å²) in [5.41, 5.74) is -0.0104. The molecule has 0 spiro atoms. The molecule has 0 heterocycles. The molecule has 0 radical (unpaired) electrons. The van der Waals surface area contributed by atoms with Crippen LogP contribution in [-0.2, 0) is 4.79 Å². The lowest BCUT2D eigenvalue weighted by atomic mass is 10.3. The van der Waals surface area contributed by atoms with Gasteiger partial charge >= 0.3 is 0 Å². The highest BCUT2D eigenvalue weighted by atomic mass is 16.6. The van der Waals surface area contributed by atoms with Crippen LogP contribution in [-0.4, -0.2) is 37.1 Å². The van der Waals surface area contributed by atoms with Crippen molar-refractivity contribution in [3.8, 4) is 5.75 Å². The molecule has 2 N–H and O–H groups in total. The lowest BCUT2D eigenvalue weighted by Gasteiger charge is -2.07. The van der Waals surface area contributed by atoms with E-state index in [0.29, 0.717) is 12.3 Å². The van der Waals surface area contributed by atoms with Crippen molar-refractivity contribution in [3.05, 3.63) is 34.4 Å². The molecule has 0 atom stereocenters. The smallest absolute Gasteiger partial charge is 0.269 e. The molecule has 0 aromatic heterocycles. The first kappa shape index (κ1) is 15.9. The lowest BCUT2D eigenvalue weighted by Crippen LogP contribution is -2.34. The van der Waals surface area contributed by atoms with Gasteiger partial charge in [0, 0.05) is 25.2 Å². The number of nitro groups is 1. The van der Waals surface area contributed by atoms with Crippen LogP contribution in [0.15, 0.2) is 24.3 Å². The summed E-state index contributed by atoms with van der Waals surface area (Å²) in [6.07, 6.45) is 1.05. The zero-order chi connectivity index (χ0) is 14.8. The summed E-state index contributed by atoms with van der Waals surface area (Å²) in [6.45, 7) is 4.16. The van der Waals surface area contributed by atoms with E-state index in [-0.39, 0.29) is 18.2 Å². The van der Waals surface area contributed by atoms with Gasteiger partial charge in [-0.2, -0.15) is 0 Å². The monoisotopic (exact) mass is 281 g/mol. The molecule has 20 heavy (non-hydrogen) atoms. The van der Waals surface area contributed by atoms with Gasteiger partial charge in [-0.3, -0.25) is 14.9 Å². The van der Waals surface area contributed by atoms with Crippen molar-refractivity contribution < 1.29 is 14.5 Å². The fourth-order valence-corrected chi connectivity index (χ4v) is 1.46. The van der Waals surface area contributed by atoms with Gasteiger partial charge in [-0.25, -0.2) is 0 Å². The van der Waals surface area contributed by atoms with E-state index >= 15 is 0 Å². The minimum atomic E-state index is -0.486. The Morgan fingerprint density at radius 1 is 1.25 bits per heavy atom. The number of nitro benzene ring substituents is 1. The van der Waals surface area contributed by atoms with Gasteiger partial charge in [-0.05, 0) is 25.1 Å². The number of rotatable bonds is 9. The van der Waals surface area contributed by atoms with Crippen molar-refractivity contribution in [1.29, 1.82) is 0 Å². The number of benzene rings is 1. The Hall–Kier alpha value is -2.15. The third-order valence-electron chi connectivity index (χ3n) is 2.47. The second-order valence-corrected chi connectivity index (χ2v) is 4.14. The molecule has 7 nitrogen and oxygen atoms in total. The molecule has 1 aromatic rings. The first-order valence-electron chi connectivity index (χ1n) is 6.48. The molecule has 0 aliphatic rings. The van der Waals surface area contributed by atoms with Crippen molar-refractivity contribution >= 4 is 11.6 Å². The van der Waals surface area contributed by atoms with Gasteiger partial charge in [0.1, 0.15) is 5.75 Å². The SMILES string of the molecule is CCCNCCNC(=O)COc1ccc([N+](=O)[O-])cc1. The van der Waals surface area contributed by atoms with E-state index in [0.717, 1.165) is 19.5 Å². The fraction of sp³-hybridized carbons (Fsp3) is 0.462. The van der Waals surface area contributed by atoms with Gasteiger partial charge in [-0.1, -0.05) is 6.92 Å². The predicted molar refractivity (Wildman–Crippen MR) is 74.8 cm³/mol. The number of carbonyl (C=O) groups excluding carboxylic acids is 1. The van der Waals surface area contributed by atoms with E-state index in [1.165, 1.54) is 24.3 Å². The normalized spacial score (nSPS) is 10.1. The highest BCUT2D eigenvalue weighted by Gasteiger charge is 2.06. The summed E-state index contributed by atoms with van der Waals surface area (Å²) < 4.78 is 5.23. The summed E-state index contributed by atoms with van der Waals surface area (Å²) in [5.74, 6) is 0.205. The molecule has 7 heteroatoms. The molecule has 0 saturated carbocycles. The Labute approximate surface area is 117 Å². The van der Waals surface area contributed by atoms with E-state index in [9.17, 15) is 14.9 Å². The predicted octanol–water partition coefficient (Wildman–Crippen LogP) is 1.09. The van der Waals surface area contributed by atoms with Gasteiger partial charge in [-0.15, -0.1) is 0 Å². The Bertz CT molecular complexity index is 434. The van der Waals surface area contributed by atoms with E-state index in [4.69, 9.17) is 4.74 Å². The molecule has 1 rings (SSSR count). The van der Waals surface area contributed by atoms with Gasteiger partial charge in [0.05, 0.1) is 4.92 Å². The van der Waals surface area contributed by atoms with Gasteiger partial charge in [0.2, 0.25) is 0 Å². The average molecular weight is 281 g/mol. The average Bonchev–Trinajstić information content (AvgIpc) is 2.45. The maximum absolute atomic E-state index is 11.5. The molecule has 0 unspecified atom stereocenters. The summed E-state index contributed by atoms with van der Waals surface area (Å²) in [5, 5.41) is 16.3. The number of amides is 1. The maximum Gasteiger partial charge on any atom is 0.269 e. The molecule has 110 valence electrons. The summed E-state index contributed by atoms with van der Waals surface area (Å²) in [6, 6.07) is 5.60. The van der Waals surface area contributed by atoms with Crippen LogP contribution in [0.1, 0.15) is 13.3 Å². The minimum absolute atomic E-state index is 0.0104. The first-order chi connectivity index (χ1) is 9.63. The summed E-state index contributed by atoms with van der Waals surface area (Å²) in [4.78, 5) is 21.4. The molecule has 0 fully saturated rings. The fourth-order valence-electron chi connectivity index (χ4n) is 1.46. The van der Waals surface area contributed by atoms with Crippen molar-refractivity contribution in [3.63, 3.8) is 0 Å². The van der Waals surface area contributed by atoms with Gasteiger partial charge in [0.15, 0.2) is 6.61 Å². The van der Waals surface area contributed by atoms with Crippen molar-refractivity contribution in [1.82, 2.24) is 10.6 Å². The Morgan fingerprint density at radius 2 is 1.95 bits per heavy atom. The first-order valence-corrected chi connectivity index (χ1v) is 6.48. The van der Waals surface area contributed by atoms with Crippen molar-refractivity contribution in [2.24, 2.45) is 0 Å². The number of nitrogens with one attached hydrogen (secondary N) is 2. The second kappa shape index (κ2) is 8.87. The Kier molecular flexibility index (Phi) is 7.05. The molecule has 0 aliphatic heterocycles. The topological polar surface area (TPSA) is 93.5 Å². The van der Waals surface area contributed by atoms with Gasteiger partial charge in [0.25, 0.3) is 11.6 Å². The van der Waals surface area contributed by atoms with Crippen molar-refractivity contribution in [2.45, 2.75) is 13.3 Å².